The normalized spacial score (nSPS) is 11.7. The lowest BCUT2D eigenvalue weighted by atomic mass is 10.2. The van der Waals surface area contributed by atoms with Crippen LogP contribution in [-0.4, -0.2) is 37.2 Å². The van der Waals surface area contributed by atoms with Crippen LogP contribution in [0.4, 0.5) is 4.39 Å². The van der Waals surface area contributed by atoms with Gasteiger partial charge in [-0.05, 0) is 32.9 Å². The number of aliphatic hydroxyl groups excluding tert-OH is 1. The van der Waals surface area contributed by atoms with Crippen LogP contribution in [0.25, 0.3) is 0 Å². The number of benzene rings is 1. The molecule has 0 amide bonds. The lowest BCUT2D eigenvalue weighted by Gasteiger charge is -2.19. The van der Waals surface area contributed by atoms with E-state index >= 15 is 0 Å². The second kappa shape index (κ2) is 6.92. The van der Waals surface area contributed by atoms with Crippen LogP contribution < -0.4 is 4.74 Å². The summed E-state index contributed by atoms with van der Waals surface area (Å²) in [6.45, 7) is 4.48. The maximum atomic E-state index is 13.6. The third-order valence-electron chi connectivity index (χ3n) is 2.80. The lowest BCUT2D eigenvalue weighted by molar-refractivity contribution is 0.337. The summed E-state index contributed by atoms with van der Waals surface area (Å²) < 4.78 is 41.8. The average molecular weight is 314 g/mol. The maximum absolute atomic E-state index is 13.6. The second-order valence-corrected chi connectivity index (χ2v) is 8.24. The van der Waals surface area contributed by atoms with Gasteiger partial charge in [0.1, 0.15) is 24.8 Å². The zero-order valence-electron chi connectivity index (χ0n) is 12.3. The van der Waals surface area contributed by atoms with Gasteiger partial charge in [0.05, 0.1) is 16.1 Å². The van der Waals surface area contributed by atoms with E-state index in [1.54, 1.807) is 20.8 Å². The monoisotopic (exact) mass is 314 g/mol. The molecule has 21 heavy (non-hydrogen) atoms. The van der Waals surface area contributed by atoms with Gasteiger partial charge in [0, 0.05) is 6.07 Å². The Kier molecular flexibility index (Phi) is 5.76. The van der Waals surface area contributed by atoms with Gasteiger partial charge in [-0.25, -0.2) is 12.8 Å². The molecule has 1 aromatic carbocycles. The van der Waals surface area contributed by atoms with Crippen LogP contribution in [0.3, 0.4) is 0 Å². The smallest absolute Gasteiger partial charge is 0.158 e. The first-order valence-electron chi connectivity index (χ1n) is 6.42. The number of sulfone groups is 1. The van der Waals surface area contributed by atoms with Crippen LogP contribution >= 0.6 is 0 Å². The molecule has 0 aliphatic carbocycles. The number of halogens is 1. The summed E-state index contributed by atoms with van der Waals surface area (Å²) in [7, 11) is -3.27. The van der Waals surface area contributed by atoms with Crippen molar-refractivity contribution in [2.24, 2.45) is 0 Å². The number of aliphatic hydroxyl groups is 1. The molecule has 0 aliphatic heterocycles. The molecule has 1 rings (SSSR count). The number of rotatable bonds is 4. The van der Waals surface area contributed by atoms with E-state index in [-0.39, 0.29) is 30.3 Å². The van der Waals surface area contributed by atoms with Crippen LogP contribution in [-0.2, 0) is 9.84 Å². The van der Waals surface area contributed by atoms with Crippen LogP contribution in [0.2, 0.25) is 0 Å². The van der Waals surface area contributed by atoms with E-state index < -0.39 is 20.4 Å². The van der Waals surface area contributed by atoms with Gasteiger partial charge < -0.3 is 9.84 Å². The van der Waals surface area contributed by atoms with Gasteiger partial charge in [-0.15, -0.1) is 0 Å². The summed E-state index contributed by atoms with van der Waals surface area (Å²) in [5, 5.41) is 8.55. The van der Waals surface area contributed by atoms with E-state index in [0.29, 0.717) is 0 Å². The molecule has 1 N–H and O–H groups in total. The van der Waals surface area contributed by atoms with E-state index in [2.05, 4.69) is 11.8 Å². The molecule has 0 aromatic heterocycles. The molecular formula is C15H19FO4S. The van der Waals surface area contributed by atoms with Gasteiger partial charge in [0.2, 0.25) is 0 Å². The van der Waals surface area contributed by atoms with Crippen molar-refractivity contribution in [1.29, 1.82) is 0 Å². The summed E-state index contributed by atoms with van der Waals surface area (Å²) in [5.41, 5.74) is 0.152. The summed E-state index contributed by atoms with van der Waals surface area (Å²) in [6.07, 6.45) is 0. The first-order chi connectivity index (χ1) is 9.67. The van der Waals surface area contributed by atoms with Crippen LogP contribution in [0, 0.1) is 17.7 Å². The molecule has 0 saturated heterocycles. The fraction of sp³-hybridized carbons (Fsp3) is 0.467. The molecule has 0 heterocycles. The molecule has 0 aliphatic rings. The number of hydrogen-bond acceptors (Lipinski definition) is 4. The lowest BCUT2D eigenvalue weighted by Crippen LogP contribution is -2.32. The third kappa shape index (κ3) is 5.03. The first kappa shape index (κ1) is 17.5. The Bertz CT molecular complexity index is 648. The van der Waals surface area contributed by atoms with Crippen molar-refractivity contribution in [3.63, 3.8) is 0 Å². The minimum atomic E-state index is -3.27. The molecule has 0 bridgehead atoms. The molecule has 0 saturated carbocycles. The Morgan fingerprint density at radius 1 is 1.33 bits per heavy atom. The van der Waals surface area contributed by atoms with Crippen molar-refractivity contribution in [3.05, 3.63) is 29.6 Å². The van der Waals surface area contributed by atoms with Crippen molar-refractivity contribution < 1.29 is 22.7 Å². The Morgan fingerprint density at radius 2 is 2.00 bits per heavy atom. The minimum Gasteiger partial charge on any atom is -0.492 e. The molecule has 0 radical (unpaired) electrons. The Labute approximate surface area is 124 Å². The standard InChI is InChI=1S/C15H19FO4S/c1-15(2,3)21(18,19)10-9-20-13-7-6-12(5-4-8-17)14(16)11-13/h6-7,11,17H,8-10H2,1-3H3. The fourth-order valence-corrected chi connectivity index (χ4v) is 2.31. The topological polar surface area (TPSA) is 63.6 Å². The highest BCUT2D eigenvalue weighted by Gasteiger charge is 2.28. The zero-order valence-corrected chi connectivity index (χ0v) is 13.1. The van der Waals surface area contributed by atoms with Gasteiger partial charge in [-0.2, -0.15) is 0 Å². The maximum Gasteiger partial charge on any atom is 0.158 e. The molecular weight excluding hydrogens is 295 g/mol. The molecule has 116 valence electrons. The molecule has 0 fully saturated rings. The highest BCUT2D eigenvalue weighted by Crippen LogP contribution is 2.18. The van der Waals surface area contributed by atoms with Crippen molar-refractivity contribution in [2.75, 3.05) is 19.0 Å². The van der Waals surface area contributed by atoms with Gasteiger partial charge >= 0.3 is 0 Å². The second-order valence-electron chi connectivity index (χ2n) is 5.38. The Balaban J connectivity index is 2.68. The zero-order chi connectivity index (χ0) is 16.1. The van der Waals surface area contributed by atoms with Gasteiger partial charge in [-0.3, -0.25) is 0 Å². The van der Waals surface area contributed by atoms with E-state index in [9.17, 15) is 12.8 Å². The summed E-state index contributed by atoms with van der Waals surface area (Å²) >= 11 is 0. The van der Waals surface area contributed by atoms with Crippen molar-refractivity contribution >= 4 is 9.84 Å². The minimum absolute atomic E-state index is 0.0410. The predicted molar refractivity (Wildman–Crippen MR) is 79.4 cm³/mol. The Morgan fingerprint density at radius 3 is 2.52 bits per heavy atom. The predicted octanol–water partition coefficient (Wildman–Crippen LogP) is 1.76. The highest BCUT2D eigenvalue weighted by atomic mass is 32.2. The third-order valence-corrected chi connectivity index (χ3v) is 5.37. The largest absolute Gasteiger partial charge is 0.492 e. The molecule has 1 aromatic rings. The van der Waals surface area contributed by atoms with Crippen molar-refractivity contribution in [2.45, 2.75) is 25.5 Å². The molecule has 6 heteroatoms. The average Bonchev–Trinajstić information content (AvgIpc) is 2.36. The molecule has 0 atom stereocenters. The number of hydrogen-bond donors (Lipinski definition) is 1. The first-order valence-corrected chi connectivity index (χ1v) is 8.07. The van der Waals surface area contributed by atoms with E-state index in [1.165, 1.54) is 12.1 Å². The summed E-state index contributed by atoms with van der Waals surface area (Å²) in [5.74, 6) is 4.34. The molecule has 0 unspecified atom stereocenters. The van der Waals surface area contributed by atoms with Crippen LogP contribution in [0.15, 0.2) is 18.2 Å². The number of ether oxygens (including phenoxy) is 1. The quantitative estimate of drug-likeness (QED) is 0.860. The van der Waals surface area contributed by atoms with Gasteiger partial charge in [0.25, 0.3) is 0 Å². The fourth-order valence-electron chi connectivity index (χ4n) is 1.40. The van der Waals surface area contributed by atoms with Crippen LogP contribution in [0.1, 0.15) is 26.3 Å². The van der Waals surface area contributed by atoms with Gasteiger partial charge in [0.15, 0.2) is 9.84 Å². The van der Waals surface area contributed by atoms with Crippen molar-refractivity contribution in [1.82, 2.24) is 0 Å². The Hall–Kier alpha value is -1.58. The van der Waals surface area contributed by atoms with E-state index in [1.807, 2.05) is 0 Å². The van der Waals surface area contributed by atoms with E-state index in [0.717, 1.165) is 6.07 Å². The SMILES string of the molecule is CC(C)(C)S(=O)(=O)CCOc1ccc(C#CCO)c(F)c1. The van der Waals surface area contributed by atoms with Crippen molar-refractivity contribution in [3.8, 4) is 17.6 Å². The molecule has 0 spiro atoms. The molecule has 4 nitrogen and oxygen atoms in total. The highest BCUT2D eigenvalue weighted by molar-refractivity contribution is 7.92. The van der Waals surface area contributed by atoms with E-state index in [4.69, 9.17) is 9.84 Å². The van der Waals surface area contributed by atoms with Crippen LogP contribution in [0.5, 0.6) is 5.75 Å². The summed E-state index contributed by atoms with van der Waals surface area (Å²) in [4.78, 5) is 0. The van der Waals surface area contributed by atoms with Gasteiger partial charge in [-0.1, -0.05) is 11.8 Å². The summed E-state index contributed by atoms with van der Waals surface area (Å²) in [6, 6.07) is 4.07.